The van der Waals surface area contributed by atoms with Crippen LogP contribution in [0.5, 0.6) is 0 Å². The maximum Gasteiger partial charge on any atom is 0.262 e. The lowest BCUT2D eigenvalue weighted by Crippen LogP contribution is -2.25. The van der Waals surface area contributed by atoms with E-state index in [9.17, 15) is 9.59 Å². The molecule has 8 heteroatoms. The van der Waals surface area contributed by atoms with E-state index in [4.69, 9.17) is 16.7 Å². The Hall–Kier alpha value is -3.42. The Morgan fingerprint density at radius 1 is 1.06 bits per heavy atom. The Morgan fingerprint density at radius 2 is 1.81 bits per heavy atom. The average Bonchev–Trinajstić information content (AvgIpc) is 3.46. The minimum absolute atomic E-state index is 0.0398. The number of rotatable bonds is 5. The summed E-state index contributed by atoms with van der Waals surface area (Å²) in [6.07, 6.45) is 0.704. The molecule has 0 spiro atoms. The van der Waals surface area contributed by atoms with Crippen LogP contribution in [-0.2, 0) is 9.59 Å². The largest absolute Gasteiger partial charge is 0.326 e. The maximum absolute atomic E-state index is 12.8. The summed E-state index contributed by atoms with van der Waals surface area (Å²) >= 11 is 7.41. The number of hydrogen-bond acceptors (Lipinski definition) is 5. The number of carbonyl (C=O) groups is 2. The predicted octanol–water partition coefficient (Wildman–Crippen LogP) is 6.13. The van der Waals surface area contributed by atoms with Gasteiger partial charge in [-0.3, -0.25) is 9.59 Å². The van der Waals surface area contributed by atoms with E-state index in [0.717, 1.165) is 33.7 Å². The van der Waals surface area contributed by atoms with Crippen molar-refractivity contribution in [1.82, 2.24) is 5.01 Å². The smallest absolute Gasteiger partial charge is 0.262 e. The highest BCUT2D eigenvalue weighted by atomic mass is 35.5. The first-order valence-electron chi connectivity index (χ1n) is 11.7. The molecule has 0 fully saturated rings. The lowest BCUT2D eigenvalue weighted by molar-refractivity contribution is -0.121. The molecule has 0 saturated carbocycles. The highest BCUT2D eigenvalue weighted by Crippen LogP contribution is 2.38. The fourth-order valence-corrected chi connectivity index (χ4v) is 5.43. The molecule has 0 saturated heterocycles. The van der Waals surface area contributed by atoms with Crippen LogP contribution in [0.1, 0.15) is 41.1 Å². The maximum atomic E-state index is 12.8. The summed E-state index contributed by atoms with van der Waals surface area (Å²) in [6.45, 7) is 4.02. The molecule has 2 heterocycles. The summed E-state index contributed by atoms with van der Waals surface area (Å²) in [5.74, 6) is -0.534. The zero-order valence-corrected chi connectivity index (χ0v) is 21.5. The molecule has 182 valence electrons. The SMILES string of the molecule is Cc1ccc(NC(=O)C[C@@H]2SC(N3N=C(c4ccccc4)C[C@H]3c3ccc(Cl)cc3)=NC2=O)cc1C. The van der Waals surface area contributed by atoms with Gasteiger partial charge in [0, 0.05) is 23.6 Å². The molecule has 0 aromatic heterocycles. The number of carbonyl (C=O) groups excluding carboxylic acids is 2. The molecule has 2 atom stereocenters. The minimum atomic E-state index is -0.589. The molecular formula is C28H25ClN4O2S. The first kappa shape index (κ1) is 24.3. The summed E-state index contributed by atoms with van der Waals surface area (Å²) in [5.41, 5.74) is 5.95. The van der Waals surface area contributed by atoms with Crippen molar-refractivity contribution in [1.29, 1.82) is 0 Å². The van der Waals surface area contributed by atoms with Gasteiger partial charge in [0.15, 0.2) is 5.17 Å². The van der Waals surface area contributed by atoms with E-state index in [1.54, 1.807) is 0 Å². The molecule has 3 aromatic rings. The average molecular weight is 517 g/mol. The van der Waals surface area contributed by atoms with Gasteiger partial charge in [-0.2, -0.15) is 10.1 Å². The number of thioether (sulfide) groups is 1. The van der Waals surface area contributed by atoms with Gasteiger partial charge in [0.05, 0.1) is 11.8 Å². The Bertz CT molecular complexity index is 1370. The number of aryl methyl sites for hydroxylation is 2. The number of hydrogen-bond donors (Lipinski definition) is 1. The van der Waals surface area contributed by atoms with Crippen molar-refractivity contribution in [3.63, 3.8) is 0 Å². The molecule has 5 rings (SSSR count). The second kappa shape index (κ2) is 10.3. The molecule has 0 unspecified atom stereocenters. The molecule has 36 heavy (non-hydrogen) atoms. The Morgan fingerprint density at radius 3 is 2.53 bits per heavy atom. The zero-order chi connectivity index (χ0) is 25.2. The second-order valence-electron chi connectivity index (χ2n) is 8.92. The standard InChI is InChI=1S/C28H25ClN4O2S/c1-17-8-13-22(14-18(17)2)30-26(34)16-25-27(35)31-28(36-25)33-24(20-9-11-21(29)12-10-20)15-23(32-33)19-6-4-3-5-7-19/h3-14,24-25H,15-16H2,1-2H3,(H,30,34)/t24-,25-/m0/s1. The van der Waals surface area contributed by atoms with Crippen molar-refractivity contribution in [2.45, 2.75) is 38.0 Å². The molecule has 3 aromatic carbocycles. The van der Waals surface area contributed by atoms with Crippen LogP contribution in [0.25, 0.3) is 0 Å². The fourth-order valence-electron chi connectivity index (χ4n) is 4.24. The molecule has 0 aliphatic carbocycles. The predicted molar refractivity (Wildman–Crippen MR) is 147 cm³/mol. The van der Waals surface area contributed by atoms with Gasteiger partial charge in [-0.25, -0.2) is 5.01 Å². The highest BCUT2D eigenvalue weighted by molar-refractivity contribution is 8.15. The molecule has 2 amide bonds. The summed E-state index contributed by atoms with van der Waals surface area (Å²) in [7, 11) is 0. The van der Waals surface area contributed by atoms with Crippen LogP contribution < -0.4 is 5.32 Å². The third-order valence-electron chi connectivity index (χ3n) is 6.36. The summed E-state index contributed by atoms with van der Waals surface area (Å²) < 4.78 is 0. The quantitative estimate of drug-likeness (QED) is 0.442. The number of anilines is 1. The van der Waals surface area contributed by atoms with Gasteiger partial charge in [0.2, 0.25) is 5.91 Å². The Balaban J connectivity index is 1.33. The van der Waals surface area contributed by atoms with Crippen molar-refractivity contribution < 1.29 is 9.59 Å². The van der Waals surface area contributed by atoms with E-state index in [1.165, 1.54) is 11.8 Å². The van der Waals surface area contributed by atoms with Crippen LogP contribution in [0.3, 0.4) is 0 Å². The first-order valence-corrected chi connectivity index (χ1v) is 13.0. The van der Waals surface area contributed by atoms with Gasteiger partial charge in [-0.1, -0.05) is 71.9 Å². The van der Waals surface area contributed by atoms with Crippen molar-refractivity contribution >= 4 is 51.7 Å². The highest BCUT2D eigenvalue weighted by Gasteiger charge is 2.39. The van der Waals surface area contributed by atoms with E-state index in [1.807, 2.05) is 91.7 Å². The number of amidine groups is 1. The van der Waals surface area contributed by atoms with E-state index in [0.29, 0.717) is 16.6 Å². The van der Waals surface area contributed by atoms with Crippen LogP contribution in [-0.4, -0.2) is 33.0 Å². The zero-order valence-electron chi connectivity index (χ0n) is 19.9. The molecule has 0 bridgehead atoms. The van der Waals surface area contributed by atoms with Gasteiger partial charge in [0.1, 0.15) is 5.25 Å². The number of nitrogens with zero attached hydrogens (tertiary/aromatic N) is 3. The van der Waals surface area contributed by atoms with Gasteiger partial charge >= 0.3 is 0 Å². The van der Waals surface area contributed by atoms with E-state index < -0.39 is 5.25 Å². The monoisotopic (exact) mass is 516 g/mol. The van der Waals surface area contributed by atoms with Gasteiger partial charge in [-0.15, -0.1) is 0 Å². The number of hydrazone groups is 1. The Kier molecular flexibility index (Phi) is 6.94. The number of halogens is 1. The molecule has 2 aliphatic rings. The fraction of sp³-hybridized carbons (Fsp3) is 0.214. The third-order valence-corrected chi connectivity index (χ3v) is 7.75. The second-order valence-corrected chi connectivity index (χ2v) is 10.5. The van der Waals surface area contributed by atoms with Gasteiger partial charge < -0.3 is 5.32 Å². The lowest BCUT2D eigenvalue weighted by Gasteiger charge is -2.23. The van der Waals surface area contributed by atoms with Crippen LogP contribution in [0.2, 0.25) is 5.02 Å². The number of amides is 2. The summed E-state index contributed by atoms with van der Waals surface area (Å²) in [6, 6.07) is 23.3. The van der Waals surface area contributed by atoms with Crippen LogP contribution in [0.4, 0.5) is 5.69 Å². The van der Waals surface area contributed by atoms with E-state index >= 15 is 0 Å². The summed E-state index contributed by atoms with van der Waals surface area (Å²) in [4.78, 5) is 29.8. The third kappa shape index (κ3) is 5.22. The van der Waals surface area contributed by atoms with Crippen LogP contribution >= 0.6 is 23.4 Å². The number of nitrogens with one attached hydrogen (secondary N) is 1. The molecule has 6 nitrogen and oxygen atoms in total. The topological polar surface area (TPSA) is 74.1 Å². The van der Waals surface area contributed by atoms with Gasteiger partial charge in [-0.05, 0) is 60.4 Å². The van der Waals surface area contributed by atoms with E-state index in [2.05, 4.69) is 10.3 Å². The normalized spacial score (nSPS) is 19.3. The van der Waals surface area contributed by atoms with Crippen molar-refractivity contribution in [2.24, 2.45) is 10.1 Å². The number of aliphatic imine (C=N–C) groups is 1. The molecule has 2 aliphatic heterocycles. The molecule has 0 radical (unpaired) electrons. The molecule has 1 N–H and O–H groups in total. The van der Waals surface area contributed by atoms with Crippen LogP contribution in [0, 0.1) is 13.8 Å². The lowest BCUT2D eigenvalue weighted by atomic mass is 9.99. The summed E-state index contributed by atoms with van der Waals surface area (Å²) in [5, 5.41) is 10.2. The Labute approximate surface area is 219 Å². The van der Waals surface area contributed by atoms with E-state index in [-0.39, 0.29) is 24.3 Å². The van der Waals surface area contributed by atoms with Crippen molar-refractivity contribution in [2.75, 3.05) is 5.32 Å². The van der Waals surface area contributed by atoms with Crippen LogP contribution in [0.15, 0.2) is 82.9 Å². The van der Waals surface area contributed by atoms with Crippen molar-refractivity contribution in [3.8, 4) is 0 Å². The molecular weight excluding hydrogens is 492 g/mol. The van der Waals surface area contributed by atoms with Gasteiger partial charge in [0.25, 0.3) is 5.91 Å². The first-order chi connectivity index (χ1) is 17.4. The van der Waals surface area contributed by atoms with Crippen molar-refractivity contribution in [3.05, 3.63) is 100 Å². The minimum Gasteiger partial charge on any atom is -0.326 e. The number of benzene rings is 3.